The maximum absolute atomic E-state index is 12.9. The van der Waals surface area contributed by atoms with Crippen molar-refractivity contribution >= 4 is 0 Å². The van der Waals surface area contributed by atoms with Crippen LogP contribution < -0.4 is 5.32 Å². The summed E-state index contributed by atoms with van der Waals surface area (Å²) in [6.45, 7) is 3.32. The molecule has 1 aromatic heterocycles. The number of furan rings is 1. The smallest absolute Gasteiger partial charge is 0.134 e. The second-order valence-electron chi connectivity index (χ2n) is 4.97. The van der Waals surface area contributed by atoms with E-state index in [0.717, 1.165) is 23.6 Å². The first-order valence-corrected chi connectivity index (χ1v) is 7.06. The van der Waals surface area contributed by atoms with E-state index >= 15 is 0 Å². The summed E-state index contributed by atoms with van der Waals surface area (Å²) in [5, 5.41) is 3.29. The Hall–Kier alpha value is -1.69. The van der Waals surface area contributed by atoms with Crippen LogP contribution in [-0.2, 0) is 16.0 Å². The van der Waals surface area contributed by atoms with Gasteiger partial charge in [0.15, 0.2) is 0 Å². The van der Waals surface area contributed by atoms with Crippen molar-refractivity contribution in [2.75, 3.05) is 26.4 Å². The molecule has 1 unspecified atom stereocenters. The molecule has 0 spiro atoms. The topological polar surface area (TPSA) is 43.6 Å². The Bertz CT molecular complexity index is 561. The molecule has 2 aromatic rings. The molecule has 2 heterocycles. The van der Waals surface area contributed by atoms with Crippen molar-refractivity contribution in [3.8, 4) is 11.3 Å². The monoisotopic (exact) mass is 291 g/mol. The van der Waals surface area contributed by atoms with Crippen LogP contribution in [0.3, 0.4) is 0 Å². The second-order valence-corrected chi connectivity index (χ2v) is 4.97. The van der Waals surface area contributed by atoms with E-state index < -0.39 is 0 Å². The lowest BCUT2D eigenvalue weighted by molar-refractivity contribution is -0.0865. The van der Waals surface area contributed by atoms with Crippen molar-refractivity contribution in [3.63, 3.8) is 0 Å². The first kappa shape index (κ1) is 14.3. The Morgan fingerprint density at radius 3 is 2.71 bits per heavy atom. The third-order valence-electron chi connectivity index (χ3n) is 3.35. The minimum absolute atomic E-state index is 0.102. The zero-order valence-electron chi connectivity index (χ0n) is 11.7. The molecule has 0 aliphatic carbocycles. The van der Waals surface area contributed by atoms with Crippen molar-refractivity contribution in [3.05, 3.63) is 48.0 Å². The first-order chi connectivity index (χ1) is 10.3. The van der Waals surface area contributed by atoms with Crippen LogP contribution in [0.5, 0.6) is 0 Å². The highest BCUT2D eigenvalue weighted by Gasteiger charge is 2.13. The van der Waals surface area contributed by atoms with Gasteiger partial charge in [-0.05, 0) is 36.4 Å². The fourth-order valence-electron chi connectivity index (χ4n) is 2.25. The zero-order valence-corrected chi connectivity index (χ0v) is 11.7. The highest BCUT2D eigenvalue weighted by molar-refractivity contribution is 5.57. The molecule has 1 aromatic carbocycles. The van der Waals surface area contributed by atoms with E-state index in [-0.39, 0.29) is 11.9 Å². The van der Waals surface area contributed by atoms with Gasteiger partial charge in [-0.2, -0.15) is 0 Å². The van der Waals surface area contributed by atoms with Gasteiger partial charge in [-0.25, -0.2) is 4.39 Å². The second kappa shape index (κ2) is 6.85. The Morgan fingerprint density at radius 1 is 1.10 bits per heavy atom. The summed E-state index contributed by atoms with van der Waals surface area (Å²) in [6, 6.07) is 10.1. The summed E-state index contributed by atoms with van der Waals surface area (Å²) in [5.41, 5.74) is 0.867. The molecule has 0 amide bonds. The fraction of sp³-hybridized carbons (Fsp3) is 0.375. The lowest BCUT2D eigenvalue weighted by Crippen LogP contribution is -2.37. The molecule has 1 saturated heterocycles. The van der Waals surface area contributed by atoms with Crippen LogP contribution in [0, 0.1) is 5.82 Å². The summed E-state index contributed by atoms with van der Waals surface area (Å²) in [4.78, 5) is 0. The van der Waals surface area contributed by atoms with Crippen LogP contribution in [0.25, 0.3) is 11.3 Å². The van der Waals surface area contributed by atoms with E-state index in [1.807, 2.05) is 12.1 Å². The van der Waals surface area contributed by atoms with Crippen LogP contribution in [0.15, 0.2) is 40.8 Å². The lowest BCUT2D eigenvalue weighted by Gasteiger charge is -2.22. The number of benzene rings is 1. The maximum Gasteiger partial charge on any atom is 0.134 e. The van der Waals surface area contributed by atoms with Crippen LogP contribution in [0.4, 0.5) is 4.39 Å². The minimum atomic E-state index is -0.248. The molecule has 21 heavy (non-hydrogen) atoms. The predicted molar refractivity (Wildman–Crippen MR) is 76.4 cm³/mol. The third-order valence-corrected chi connectivity index (χ3v) is 3.35. The summed E-state index contributed by atoms with van der Waals surface area (Å²) >= 11 is 0. The van der Waals surface area contributed by atoms with Gasteiger partial charge in [-0.15, -0.1) is 0 Å². The Labute approximate surface area is 122 Å². The molecular weight excluding hydrogens is 273 g/mol. The van der Waals surface area contributed by atoms with Crippen molar-refractivity contribution in [2.45, 2.75) is 12.6 Å². The summed E-state index contributed by atoms with van der Waals surface area (Å²) in [5.74, 6) is 1.33. The normalized spacial score (nSPS) is 18.8. The number of nitrogens with one attached hydrogen (secondary N) is 1. The molecule has 5 heteroatoms. The molecule has 0 saturated carbocycles. The summed E-state index contributed by atoms with van der Waals surface area (Å²) < 4.78 is 29.5. The quantitative estimate of drug-likeness (QED) is 0.919. The van der Waals surface area contributed by atoms with E-state index in [9.17, 15) is 4.39 Å². The van der Waals surface area contributed by atoms with Gasteiger partial charge in [-0.3, -0.25) is 0 Å². The van der Waals surface area contributed by atoms with Gasteiger partial charge in [0, 0.05) is 12.1 Å². The molecule has 0 radical (unpaired) electrons. The van der Waals surface area contributed by atoms with E-state index in [0.29, 0.717) is 26.4 Å². The molecule has 4 nitrogen and oxygen atoms in total. The molecular formula is C16H18FNO3. The Balaban J connectivity index is 1.51. The van der Waals surface area contributed by atoms with Crippen LogP contribution in [0.1, 0.15) is 5.76 Å². The van der Waals surface area contributed by atoms with Gasteiger partial charge in [0.05, 0.1) is 32.5 Å². The Morgan fingerprint density at radius 2 is 1.95 bits per heavy atom. The van der Waals surface area contributed by atoms with E-state index in [4.69, 9.17) is 13.9 Å². The molecule has 112 valence electrons. The number of hydrogen-bond donors (Lipinski definition) is 1. The van der Waals surface area contributed by atoms with Gasteiger partial charge < -0.3 is 19.2 Å². The van der Waals surface area contributed by atoms with Gasteiger partial charge in [0.2, 0.25) is 0 Å². The van der Waals surface area contributed by atoms with Crippen molar-refractivity contribution in [1.82, 2.24) is 5.32 Å². The van der Waals surface area contributed by atoms with Crippen LogP contribution in [-0.4, -0.2) is 32.5 Å². The molecule has 3 rings (SSSR count). The van der Waals surface area contributed by atoms with Crippen molar-refractivity contribution < 1.29 is 18.3 Å². The SMILES string of the molecule is Fc1ccc(-c2ccc(CNCC3COCCO3)o2)cc1. The van der Waals surface area contributed by atoms with E-state index in [1.54, 1.807) is 12.1 Å². The van der Waals surface area contributed by atoms with Crippen LogP contribution in [0.2, 0.25) is 0 Å². The standard InChI is InChI=1S/C16H18FNO3/c17-13-3-1-12(2-4-13)16-6-5-14(21-16)9-18-10-15-11-19-7-8-20-15/h1-6,15,18H,7-11H2. The first-order valence-electron chi connectivity index (χ1n) is 7.06. The number of halogens is 1. The van der Waals surface area contributed by atoms with Gasteiger partial charge in [0.25, 0.3) is 0 Å². The van der Waals surface area contributed by atoms with Crippen LogP contribution >= 0.6 is 0 Å². The largest absolute Gasteiger partial charge is 0.460 e. The van der Waals surface area contributed by atoms with Gasteiger partial charge >= 0.3 is 0 Å². The number of rotatable bonds is 5. The average molecular weight is 291 g/mol. The van der Waals surface area contributed by atoms with Gasteiger partial charge in [0.1, 0.15) is 17.3 Å². The summed E-state index contributed by atoms with van der Waals surface area (Å²) in [7, 11) is 0. The minimum Gasteiger partial charge on any atom is -0.460 e. The van der Waals surface area contributed by atoms with Crippen molar-refractivity contribution in [1.29, 1.82) is 0 Å². The Kier molecular flexibility index (Phi) is 4.65. The highest BCUT2D eigenvalue weighted by atomic mass is 19.1. The zero-order chi connectivity index (χ0) is 14.5. The molecule has 1 aliphatic heterocycles. The maximum atomic E-state index is 12.9. The summed E-state index contributed by atoms with van der Waals surface area (Å²) in [6.07, 6.45) is 0.102. The van der Waals surface area contributed by atoms with Crippen molar-refractivity contribution in [2.24, 2.45) is 0 Å². The fourth-order valence-corrected chi connectivity index (χ4v) is 2.25. The molecule has 1 aliphatic rings. The molecule has 0 bridgehead atoms. The van der Waals surface area contributed by atoms with E-state index in [1.165, 1.54) is 12.1 Å². The molecule has 1 atom stereocenters. The highest BCUT2D eigenvalue weighted by Crippen LogP contribution is 2.22. The predicted octanol–water partition coefficient (Wildman–Crippen LogP) is 2.59. The lowest BCUT2D eigenvalue weighted by atomic mass is 10.2. The van der Waals surface area contributed by atoms with E-state index in [2.05, 4.69) is 5.32 Å². The molecule has 1 N–H and O–H groups in total. The number of ether oxygens (including phenoxy) is 2. The number of hydrogen-bond acceptors (Lipinski definition) is 4. The third kappa shape index (κ3) is 3.91. The van der Waals surface area contributed by atoms with Gasteiger partial charge in [-0.1, -0.05) is 0 Å². The molecule has 1 fully saturated rings. The average Bonchev–Trinajstić information content (AvgIpc) is 2.98.